The first-order valence-electron chi connectivity index (χ1n) is 11.7. The van der Waals surface area contributed by atoms with Crippen LogP contribution < -0.4 is 5.32 Å². The number of carbonyl (C=O) groups is 3. The van der Waals surface area contributed by atoms with Gasteiger partial charge in [-0.3, -0.25) is 4.79 Å². The first kappa shape index (κ1) is 22.8. The highest BCUT2D eigenvalue weighted by atomic mass is 32.2. The lowest BCUT2D eigenvalue weighted by Gasteiger charge is -2.36. The molecule has 0 radical (unpaired) electrons. The molecule has 7 nitrogen and oxygen atoms in total. The molecule has 0 spiro atoms. The monoisotopic (exact) mass is 480 g/mol. The number of thioether (sulfide) groups is 1. The first-order chi connectivity index (χ1) is 16.5. The summed E-state index contributed by atoms with van der Waals surface area (Å²) in [5, 5.41) is 12.2. The van der Waals surface area contributed by atoms with Gasteiger partial charge in [-0.25, -0.2) is 9.59 Å². The number of nitrogens with zero attached hydrogens (tertiary/aromatic N) is 1. The molecule has 5 rings (SSSR count). The number of hydrogen-bond donors (Lipinski definition) is 2. The van der Waals surface area contributed by atoms with Gasteiger partial charge in [0.05, 0.1) is 11.8 Å². The number of carboxylic acids is 1. The van der Waals surface area contributed by atoms with Crippen LogP contribution in [0.25, 0.3) is 11.1 Å². The van der Waals surface area contributed by atoms with Crippen molar-refractivity contribution < 1.29 is 24.2 Å². The minimum absolute atomic E-state index is 0.0276. The van der Waals surface area contributed by atoms with Gasteiger partial charge in [-0.2, -0.15) is 0 Å². The Labute approximate surface area is 202 Å². The average Bonchev–Trinajstić information content (AvgIpc) is 3.42. The Kier molecular flexibility index (Phi) is 6.50. The fourth-order valence-corrected chi connectivity index (χ4v) is 6.37. The van der Waals surface area contributed by atoms with E-state index in [-0.39, 0.29) is 30.9 Å². The number of rotatable bonds is 7. The SMILES string of the molecule is O=C(NCC(C(=O)N1CSCC1C(=O)O)C1CCC1)OCC1c2ccccc2-c2ccccc21. The lowest BCUT2D eigenvalue weighted by molar-refractivity contribution is -0.150. The Bertz CT molecular complexity index is 1060. The summed E-state index contributed by atoms with van der Waals surface area (Å²) in [6.07, 6.45) is 2.34. The van der Waals surface area contributed by atoms with Crippen molar-refractivity contribution in [2.45, 2.75) is 31.2 Å². The standard InChI is InChI=1S/C26H28N2O5S/c29-24(28-15-34-14-23(28)25(30)31)21(16-6-5-7-16)12-27-26(32)33-13-22-19-10-3-1-8-17(19)18-9-2-4-11-20(18)22/h1-4,8-11,16,21-23H,5-7,12-15H2,(H,27,32)(H,30,31). The highest BCUT2D eigenvalue weighted by Crippen LogP contribution is 2.44. The van der Waals surface area contributed by atoms with E-state index < -0.39 is 24.0 Å². The maximum absolute atomic E-state index is 13.2. The summed E-state index contributed by atoms with van der Waals surface area (Å²) >= 11 is 1.45. The van der Waals surface area contributed by atoms with Gasteiger partial charge in [0.1, 0.15) is 12.6 Å². The molecular weight excluding hydrogens is 452 g/mol. The lowest BCUT2D eigenvalue weighted by Crippen LogP contribution is -2.50. The van der Waals surface area contributed by atoms with Crippen LogP contribution in [0.4, 0.5) is 4.79 Å². The van der Waals surface area contributed by atoms with Crippen LogP contribution in [-0.4, -0.2) is 58.8 Å². The number of amides is 2. The number of alkyl carbamates (subject to hydrolysis) is 1. The molecule has 1 saturated heterocycles. The first-order valence-corrected chi connectivity index (χ1v) is 12.9. The van der Waals surface area contributed by atoms with Crippen LogP contribution in [-0.2, 0) is 14.3 Å². The van der Waals surface area contributed by atoms with Crippen molar-refractivity contribution in [3.05, 3.63) is 59.7 Å². The third-order valence-electron chi connectivity index (χ3n) is 7.30. The number of ether oxygens (including phenoxy) is 1. The Balaban J connectivity index is 1.21. The second-order valence-electron chi connectivity index (χ2n) is 9.17. The molecule has 34 heavy (non-hydrogen) atoms. The van der Waals surface area contributed by atoms with Gasteiger partial charge in [0.25, 0.3) is 0 Å². The predicted molar refractivity (Wildman–Crippen MR) is 129 cm³/mol. The van der Waals surface area contributed by atoms with Crippen LogP contribution in [0.2, 0.25) is 0 Å². The maximum atomic E-state index is 13.2. The van der Waals surface area contributed by atoms with E-state index in [0.29, 0.717) is 11.6 Å². The normalized spacial score (nSPS) is 20.2. The van der Waals surface area contributed by atoms with Crippen molar-refractivity contribution in [3.8, 4) is 11.1 Å². The molecule has 2 amide bonds. The molecule has 1 heterocycles. The number of benzene rings is 2. The maximum Gasteiger partial charge on any atom is 0.407 e. The van der Waals surface area contributed by atoms with Gasteiger partial charge in [0.2, 0.25) is 5.91 Å². The van der Waals surface area contributed by atoms with Crippen molar-refractivity contribution in [2.24, 2.45) is 11.8 Å². The van der Waals surface area contributed by atoms with Crippen LogP contribution in [0.3, 0.4) is 0 Å². The van der Waals surface area contributed by atoms with Gasteiger partial charge in [0.15, 0.2) is 0 Å². The largest absolute Gasteiger partial charge is 0.480 e. The van der Waals surface area contributed by atoms with Crippen LogP contribution in [0.5, 0.6) is 0 Å². The number of aliphatic carboxylic acids is 1. The number of carboxylic acid groups (broad SMARTS) is 1. The minimum Gasteiger partial charge on any atom is -0.480 e. The number of fused-ring (bicyclic) bond motifs is 3. The van der Waals surface area contributed by atoms with E-state index in [1.165, 1.54) is 27.8 Å². The molecule has 2 atom stereocenters. The van der Waals surface area contributed by atoms with Gasteiger partial charge in [-0.15, -0.1) is 11.8 Å². The summed E-state index contributed by atoms with van der Waals surface area (Å²) in [5.74, 6) is -0.657. The van der Waals surface area contributed by atoms with E-state index >= 15 is 0 Å². The Morgan fingerprint density at radius 2 is 1.71 bits per heavy atom. The van der Waals surface area contributed by atoms with Crippen molar-refractivity contribution in [2.75, 3.05) is 24.8 Å². The number of carbonyl (C=O) groups excluding carboxylic acids is 2. The molecule has 1 aliphatic heterocycles. The fourth-order valence-electron chi connectivity index (χ4n) is 5.22. The van der Waals surface area contributed by atoms with Gasteiger partial charge < -0.3 is 20.1 Å². The summed E-state index contributed by atoms with van der Waals surface area (Å²) in [6.45, 7) is 0.374. The Morgan fingerprint density at radius 3 is 2.29 bits per heavy atom. The third kappa shape index (κ3) is 4.27. The molecule has 2 fully saturated rings. The van der Waals surface area contributed by atoms with Gasteiger partial charge in [-0.05, 0) is 41.0 Å². The molecule has 178 valence electrons. The molecule has 0 bridgehead atoms. The topological polar surface area (TPSA) is 95.9 Å². The summed E-state index contributed by atoms with van der Waals surface area (Å²) < 4.78 is 5.61. The second-order valence-corrected chi connectivity index (χ2v) is 10.2. The van der Waals surface area contributed by atoms with Gasteiger partial charge >= 0.3 is 12.1 Å². The summed E-state index contributed by atoms with van der Waals surface area (Å²) in [7, 11) is 0. The zero-order chi connectivity index (χ0) is 23.7. The predicted octanol–water partition coefficient (Wildman–Crippen LogP) is 3.93. The van der Waals surface area contributed by atoms with E-state index in [1.54, 1.807) is 0 Å². The van der Waals surface area contributed by atoms with E-state index in [9.17, 15) is 19.5 Å². The second kappa shape index (κ2) is 9.70. The highest BCUT2D eigenvalue weighted by molar-refractivity contribution is 7.99. The van der Waals surface area contributed by atoms with E-state index in [4.69, 9.17) is 4.74 Å². The van der Waals surface area contributed by atoms with Gasteiger partial charge in [-0.1, -0.05) is 55.0 Å². The van der Waals surface area contributed by atoms with E-state index in [1.807, 2.05) is 24.3 Å². The lowest BCUT2D eigenvalue weighted by atomic mass is 9.75. The summed E-state index contributed by atoms with van der Waals surface area (Å²) in [6, 6.07) is 15.5. The van der Waals surface area contributed by atoms with Crippen molar-refractivity contribution in [3.63, 3.8) is 0 Å². The van der Waals surface area contributed by atoms with Crippen LogP contribution >= 0.6 is 11.8 Å². The zero-order valence-electron chi connectivity index (χ0n) is 18.8. The number of hydrogen-bond acceptors (Lipinski definition) is 5. The Morgan fingerprint density at radius 1 is 1.06 bits per heavy atom. The molecule has 2 aliphatic carbocycles. The van der Waals surface area contributed by atoms with E-state index in [0.717, 1.165) is 30.4 Å². The summed E-state index contributed by atoms with van der Waals surface area (Å²) in [5.41, 5.74) is 4.62. The highest BCUT2D eigenvalue weighted by Gasteiger charge is 2.41. The van der Waals surface area contributed by atoms with Crippen LogP contribution in [0.1, 0.15) is 36.3 Å². The molecule has 1 saturated carbocycles. The zero-order valence-corrected chi connectivity index (χ0v) is 19.6. The van der Waals surface area contributed by atoms with Crippen molar-refractivity contribution >= 4 is 29.7 Å². The van der Waals surface area contributed by atoms with E-state index in [2.05, 4.69) is 29.6 Å². The third-order valence-corrected chi connectivity index (χ3v) is 8.31. The van der Waals surface area contributed by atoms with Crippen molar-refractivity contribution in [1.29, 1.82) is 0 Å². The molecule has 2 aromatic rings. The van der Waals surface area contributed by atoms with Crippen molar-refractivity contribution in [1.82, 2.24) is 10.2 Å². The fraction of sp³-hybridized carbons (Fsp3) is 0.423. The molecule has 2 aromatic carbocycles. The van der Waals surface area contributed by atoms with Crippen LogP contribution in [0, 0.1) is 11.8 Å². The molecule has 2 unspecified atom stereocenters. The minimum atomic E-state index is -0.977. The smallest absolute Gasteiger partial charge is 0.407 e. The van der Waals surface area contributed by atoms with Crippen LogP contribution in [0.15, 0.2) is 48.5 Å². The van der Waals surface area contributed by atoms with Gasteiger partial charge in [0, 0.05) is 18.2 Å². The Hall–Kier alpha value is -3.00. The molecule has 3 aliphatic rings. The average molecular weight is 481 g/mol. The number of nitrogens with one attached hydrogen (secondary N) is 1. The molecular formula is C26H28N2O5S. The summed E-state index contributed by atoms with van der Waals surface area (Å²) in [4.78, 5) is 38.8. The molecule has 8 heteroatoms. The quantitative estimate of drug-likeness (QED) is 0.624. The molecule has 2 N–H and O–H groups in total. The molecule has 0 aromatic heterocycles.